The summed E-state index contributed by atoms with van der Waals surface area (Å²) in [5, 5.41) is 29.3. The molecule has 1 rings (SSSR count). The maximum atomic E-state index is 11.8. The van der Waals surface area contributed by atoms with Crippen molar-refractivity contribution >= 4 is 5.97 Å². The van der Waals surface area contributed by atoms with Gasteiger partial charge in [-0.25, -0.2) is 0 Å². The number of hydrogen-bond donors (Lipinski definition) is 3. The number of unbranched alkanes of at least 4 members (excludes halogenated alkanes) is 7. The van der Waals surface area contributed by atoms with Crippen LogP contribution in [0.1, 0.15) is 64.7 Å². The molecule has 1 aliphatic rings. The fourth-order valence-corrected chi connectivity index (χ4v) is 2.90. The lowest BCUT2D eigenvalue weighted by atomic mass is 9.99. The zero-order valence-electron chi connectivity index (χ0n) is 15.4. The van der Waals surface area contributed by atoms with Crippen molar-refractivity contribution < 1.29 is 34.3 Å². The van der Waals surface area contributed by atoms with E-state index in [1.807, 2.05) is 0 Å². The van der Waals surface area contributed by atoms with Crippen LogP contribution in [0.3, 0.4) is 0 Å². The molecule has 0 aromatic heterocycles. The fraction of sp³-hybridized carbons (Fsp3) is 0.944. The predicted molar refractivity (Wildman–Crippen MR) is 91.9 cm³/mol. The first-order valence-electron chi connectivity index (χ1n) is 9.39. The number of methoxy groups -OCH3 is 1. The lowest BCUT2D eigenvalue weighted by molar-refractivity contribution is -0.295. The number of aliphatic hydroxyl groups is 3. The zero-order chi connectivity index (χ0) is 18.7. The minimum atomic E-state index is -1.41. The van der Waals surface area contributed by atoms with Gasteiger partial charge in [-0.3, -0.25) is 4.79 Å². The van der Waals surface area contributed by atoms with Gasteiger partial charge in [0.1, 0.15) is 31.0 Å². The molecule has 1 aliphatic heterocycles. The number of rotatable bonds is 12. The van der Waals surface area contributed by atoms with Gasteiger partial charge in [0.05, 0.1) is 0 Å². The molecule has 0 unspecified atom stereocenters. The molecule has 1 saturated heterocycles. The van der Waals surface area contributed by atoms with Crippen molar-refractivity contribution in [3.8, 4) is 0 Å². The second-order valence-electron chi connectivity index (χ2n) is 6.66. The molecule has 1 heterocycles. The van der Waals surface area contributed by atoms with Crippen molar-refractivity contribution in [1.29, 1.82) is 0 Å². The van der Waals surface area contributed by atoms with Gasteiger partial charge in [-0.1, -0.05) is 51.9 Å². The van der Waals surface area contributed by atoms with E-state index in [1.54, 1.807) is 0 Å². The smallest absolute Gasteiger partial charge is 0.305 e. The van der Waals surface area contributed by atoms with Gasteiger partial charge in [0, 0.05) is 13.5 Å². The molecule has 0 aromatic carbocycles. The number of esters is 1. The highest BCUT2D eigenvalue weighted by molar-refractivity contribution is 5.69. The molecule has 0 amide bonds. The molecule has 25 heavy (non-hydrogen) atoms. The lowest BCUT2D eigenvalue weighted by Gasteiger charge is -2.39. The van der Waals surface area contributed by atoms with E-state index < -0.39 is 30.7 Å². The maximum absolute atomic E-state index is 11.8. The van der Waals surface area contributed by atoms with Crippen molar-refractivity contribution in [3.63, 3.8) is 0 Å². The first-order chi connectivity index (χ1) is 12.0. The Kier molecular flexibility index (Phi) is 11.2. The summed E-state index contributed by atoms with van der Waals surface area (Å²) in [6, 6.07) is 0. The van der Waals surface area contributed by atoms with Gasteiger partial charge in [-0.05, 0) is 6.42 Å². The van der Waals surface area contributed by atoms with E-state index in [0.717, 1.165) is 19.3 Å². The van der Waals surface area contributed by atoms with Crippen LogP contribution in [0.15, 0.2) is 0 Å². The summed E-state index contributed by atoms with van der Waals surface area (Å²) >= 11 is 0. The Balaban J connectivity index is 2.14. The largest absolute Gasteiger partial charge is 0.463 e. The molecule has 0 saturated carbocycles. The van der Waals surface area contributed by atoms with Crippen LogP contribution in [-0.2, 0) is 19.0 Å². The predicted octanol–water partition coefficient (Wildman–Crippen LogP) is 1.51. The molecular formula is C18H34O7. The Hall–Kier alpha value is -0.730. The monoisotopic (exact) mass is 362 g/mol. The van der Waals surface area contributed by atoms with Crippen LogP contribution in [0.5, 0.6) is 0 Å². The molecule has 0 aromatic rings. The van der Waals surface area contributed by atoms with Gasteiger partial charge in [-0.2, -0.15) is 0 Å². The summed E-state index contributed by atoms with van der Waals surface area (Å²) in [7, 11) is 1.32. The highest BCUT2D eigenvalue weighted by Crippen LogP contribution is 2.22. The first kappa shape index (κ1) is 22.3. The summed E-state index contributed by atoms with van der Waals surface area (Å²) < 4.78 is 15.3. The molecular weight excluding hydrogens is 328 g/mol. The van der Waals surface area contributed by atoms with Crippen LogP contribution in [0.25, 0.3) is 0 Å². The third-order valence-electron chi connectivity index (χ3n) is 4.54. The maximum Gasteiger partial charge on any atom is 0.305 e. The highest BCUT2D eigenvalue weighted by Gasteiger charge is 2.44. The third-order valence-corrected chi connectivity index (χ3v) is 4.54. The number of carbonyl (C=O) groups excluding carboxylic acids is 1. The Bertz CT molecular complexity index is 361. The molecule has 7 nitrogen and oxygen atoms in total. The van der Waals surface area contributed by atoms with Gasteiger partial charge in [0.25, 0.3) is 0 Å². The summed E-state index contributed by atoms with van der Waals surface area (Å²) in [5.41, 5.74) is 0. The van der Waals surface area contributed by atoms with E-state index >= 15 is 0 Å². The molecule has 5 atom stereocenters. The minimum Gasteiger partial charge on any atom is -0.463 e. The number of hydrogen-bond acceptors (Lipinski definition) is 7. The summed E-state index contributed by atoms with van der Waals surface area (Å²) in [4.78, 5) is 11.8. The number of carbonyl (C=O) groups is 1. The normalized spacial score (nSPS) is 29.6. The molecule has 0 aliphatic carbocycles. The molecule has 0 bridgehead atoms. The Labute approximate surface area is 150 Å². The first-order valence-corrected chi connectivity index (χ1v) is 9.39. The van der Waals surface area contributed by atoms with Crippen LogP contribution in [0, 0.1) is 0 Å². The van der Waals surface area contributed by atoms with Crippen molar-refractivity contribution in [2.24, 2.45) is 0 Å². The van der Waals surface area contributed by atoms with Crippen molar-refractivity contribution in [3.05, 3.63) is 0 Å². The Morgan fingerprint density at radius 1 is 0.920 bits per heavy atom. The van der Waals surface area contributed by atoms with E-state index in [1.165, 1.54) is 39.2 Å². The van der Waals surface area contributed by atoms with Crippen LogP contribution in [-0.4, -0.2) is 65.7 Å². The second kappa shape index (κ2) is 12.6. The molecule has 7 heteroatoms. The SMILES string of the molecule is CCCCCCCCCCC(=O)OC[C@H]1O[C@H](OC)[C@H](O)[C@@H](O)[C@H]1O. The van der Waals surface area contributed by atoms with Gasteiger partial charge in [0.15, 0.2) is 6.29 Å². The van der Waals surface area contributed by atoms with E-state index in [0.29, 0.717) is 6.42 Å². The van der Waals surface area contributed by atoms with Crippen molar-refractivity contribution in [1.82, 2.24) is 0 Å². The average molecular weight is 362 g/mol. The van der Waals surface area contributed by atoms with Crippen molar-refractivity contribution in [2.45, 2.75) is 95.4 Å². The quantitative estimate of drug-likeness (QED) is 0.357. The van der Waals surface area contributed by atoms with Crippen LogP contribution in [0.4, 0.5) is 0 Å². The average Bonchev–Trinajstić information content (AvgIpc) is 2.61. The van der Waals surface area contributed by atoms with E-state index in [-0.39, 0.29) is 12.6 Å². The Morgan fingerprint density at radius 2 is 1.52 bits per heavy atom. The van der Waals surface area contributed by atoms with E-state index in [2.05, 4.69) is 6.92 Å². The van der Waals surface area contributed by atoms with Crippen LogP contribution >= 0.6 is 0 Å². The Morgan fingerprint density at radius 3 is 2.12 bits per heavy atom. The molecule has 0 spiro atoms. The summed E-state index contributed by atoms with van der Waals surface area (Å²) in [6.07, 6.45) is 3.44. The minimum absolute atomic E-state index is 0.180. The molecule has 148 valence electrons. The van der Waals surface area contributed by atoms with E-state index in [9.17, 15) is 20.1 Å². The lowest BCUT2D eigenvalue weighted by Crippen LogP contribution is -2.59. The van der Waals surface area contributed by atoms with Crippen LogP contribution in [0.2, 0.25) is 0 Å². The van der Waals surface area contributed by atoms with E-state index in [4.69, 9.17) is 14.2 Å². The number of ether oxygens (including phenoxy) is 3. The topological polar surface area (TPSA) is 105 Å². The highest BCUT2D eigenvalue weighted by atomic mass is 16.7. The van der Waals surface area contributed by atoms with Gasteiger partial charge >= 0.3 is 5.97 Å². The molecule has 3 N–H and O–H groups in total. The third kappa shape index (κ3) is 8.00. The standard InChI is InChI=1S/C18H34O7/c1-3-4-5-6-7-8-9-10-11-14(19)24-12-13-15(20)16(21)17(22)18(23-2)25-13/h13,15-18,20-22H,3-12H2,1-2H3/t13-,15+,16+,17-,18+/m1/s1. The van der Waals surface area contributed by atoms with Gasteiger partial charge < -0.3 is 29.5 Å². The van der Waals surface area contributed by atoms with Crippen molar-refractivity contribution in [2.75, 3.05) is 13.7 Å². The molecule has 1 fully saturated rings. The van der Waals surface area contributed by atoms with Crippen LogP contribution < -0.4 is 0 Å². The molecule has 0 radical (unpaired) electrons. The fourth-order valence-electron chi connectivity index (χ4n) is 2.90. The summed E-state index contributed by atoms with van der Waals surface area (Å²) in [5.74, 6) is -0.351. The van der Waals surface area contributed by atoms with Gasteiger partial charge in [0.2, 0.25) is 0 Å². The summed E-state index contributed by atoms with van der Waals surface area (Å²) in [6.45, 7) is 2.02. The number of aliphatic hydroxyl groups excluding tert-OH is 3. The zero-order valence-corrected chi connectivity index (χ0v) is 15.4. The van der Waals surface area contributed by atoms with Gasteiger partial charge in [-0.15, -0.1) is 0 Å². The second-order valence-corrected chi connectivity index (χ2v) is 6.66.